The number of nitrogens with zero attached hydrogens (tertiary/aromatic N) is 2. The molecule has 6 heteroatoms. The fourth-order valence-corrected chi connectivity index (χ4v) is 3.39. The lowest BCUT2D eigenvalue weighted by atomic mass is 9.89. The van der Waals surface area contributed by atoms with Gasteiger partial charge in [-0.2, -0.15) is 0 Å². The van der Waals surface area contributed by atoms with Crippen LogP contribution in [0.5, 0.6) is 5.75 Å². The van der Waals surface area contributed by atoms with E-state index in [-0.39, 0.29) is 18.3 Å². The van der Waals surface area contributed by atoms with Crippen LogP contribution in [0.3, 0.4) is 0 Å². The lowest BCUT2D eigenvalue weighted by Gasteiger charge is -2.25. The molecule has 0 amide bonds. The average Bonchev–Trinajstić information content (AvgIpc) is 2.85. The Morgan fingerprint density at radius 1 is 1.33 bits per heavy atom. The van der Waals surface area contributed by atoms with Gasteiger partial charge in [-0.05, 0) is 24.5 Å². The Balaban J connectivity index is 1.91. The van der Waals surface area contributed by atoms with E-state index in [0.717, 1.165) is 24.5 Å². The van der Waals surface area contributed by atoms with Crippen LogP contribution < -0.4 is 0 Å². The zero-order chi connectivity index (χ0) is 15.0. The van der Waals surface area contributed by atoms with Gasteiger partial charge in [0.2, 0.25) is 0 Å². The molecule has 1 aliphatic heterocycles. The quantitative estimate of drug-likeness (QED) is 0.910. The van der Waals surface area contributed by atoms with Crippen LogP contribution in [0.4, 0.5) is 0 Å². The normalized spacial score (nSPS) is 17.8. The second-order valence-electron chi connectivity index (χ2n) is 5.30. The number of rotatable bonds is 3. The smallest absolute Gasteiger partial charge is 0.120 e. The number of hydrogen-bond acceptors (Lipinski definition) is 3. The van der Waals surface area contributed by atoms with Crippen molar-refractivity contribution in [3.63, 3.8) is 0 Å². The van der Waals surface area contributed by atoms with Crippen molar-refractivity contribution >= 4 is 23.2 Å². The van der Waals surface area contributed by atoms with E-state index in [1.807, 2.05) is 6.20 Å². The summed E-state index contributed by atoms with van der Waals surface area (Å²) in [5.41, 5.74) is 1.61. The molecular formula is C15H16Cl2N2O2. The number of aliphatic hydroxyl groups excluding tert-OH is 1. The summed E-state index contributed by atoms with van der Waals surface area (Å²) in [4.78, 5) is 4.54. The molecule has 0 fully saturated rings. The minimum atomic E-state index is 0.0980. The van der Waals surface area contributed by atoms with Gasteiger partial charge in [-0.25, -0.2) is 4.98 Å². The molecule has 0 saturated heterocycles. The van der Waals surface area contributed by atoms with E-state index >= 15 is 0 Å². The van der Waals surface area contributed by atoms with Gasteiger partial charge in [0.25, 0.3) is 0 Å². The molecule has 1 aromatic heterocycles. The van der Waals surface area contributed by atoms with Crippen LogP contribution in [0.25, 0.3) is 0 Å². The summed E-state index contributed by atoms with van der Waals surface area (Å²) >= 11 is 12.3. The van der Waals surface area contributed by atoms with E-state index in [1.165, 1.54) is 0 Å². The van der Waals surface area contributed by atoms with Crippen LogP contribution in [0, 0.1) is 0 Å². The number of fused-ring (bicyclic) bond motifs is 1. The van der Waals surface area contributed by atoms with Crippen molar-refractivity contribution in [1.29, 1.82) is 0 Å². The average molecular weight is 327 g/mol. The molecule has 0 aliphatic carbocycles. The minimum absolute atomic E-state index is 0.0980. The molecule has 21 heavy (non-hydrogen) atoms. The number of phenols is 1. The lowest BCUT2D eigenvalue weighted by Crippen LogP contribution is -2.18. The molecular weight excluding hydrogens is 311 g/mol. The molecule has 1 aromatic carbocycles. The summed E-state index contributed by atoms with van der Waals surface area (Å²) < 4.78 is 2.11. The molecule has 0 spiro atoms. The van der Waals surface area contributed by atoms with E-state index in [2.05, 4.69) is 9.55 Å². The third-order valence-corrected chi connectivity index (χ3v) is 4.76. The summed E-state index contributed by atoms with van der Waals surface area (Å²) in [6, 6.07) is 3.19. The van der Waals surface area contributed by atoms with Crippen LogP contribution >= 0.6 is 23.2 Å². The first-order chi connectivity index (χ1) is 10.1. The third kappa shape index (κ3) is 2.76. The number of phenolic OH excluding ortho intramolecular Hbond substituents is 1. The summed E-state index contributed by atoms with van der Waals surface area (Å²) in [5, 5.41) is 20.0. The highest BCUT2D eigenvalue weighted by Gasteiger charge is 2.26. The minimum Gasteiger partial charge on any atom is -0.508 e. The second kappa shape index (κ2) is 5.87. The van der Waals surface area contributed by atoms with Gasteiger partial charge in [-0.1, -0.05) is 23.2 Å². The van der Waals surface area contributed by atoms with Crippen molar-refractivity contribution in [2.24, 2.45) is 0 Å². The second-order valence-corrected chi connectivity index (χ2v) is 6.08. The van der Waals surface area contributed by atoms with Crippen LogP contribution in [0.15, 0.2) is 18.3 Å². The van der Waals surface area contributed by atoms with Gasteiger partial charge in [-0.15, -0.1) is 0 Å². The van der Waals surface area contributed by atoms with Gasteiger partial charge in [0, 0.05) is 37.8 Å². The molecule has 112 valence electrons. The van der Waals surface area contributed by atoms with E-state index in [4.69, 9.17) is 28.3 Å². The molecule has 0 saturated carbocycles. The number of hydrogen-bond donors (Lipinski definition) is 2. The zero-order valence-corrected chi connectivity index (χ0v) is 12.9. The SMILES string of the molecule is OCCc1cn2c(n1)CC(c1c(O)ccc(Cl)c1Cl)CC2. The largest absolute Gasteiger partial charge is 0.508 e. The van der Waals surface area contributed by atoms with E-state index < -0.39 is 0 Å². The molecule has 2 heterocycles. The van der Waals surface area contributed by atoms with Gasteiger partial charge in [0.15, 0.2) is 0 Å². The molecule has 0 radical (unpaired) electrons. The molecule has 1 atom stereocenters. The van der Waals surface area contributed by atoms with Crippen molar-refractivity contribution in [2.75, 3.05) is 6.61 Å². The Labute approximate surface area is 133 Å². The van der Waals surface area contributed by atoms with Crippen LogP contribution in [0.1, 0.15) is 29.4 Å². The lowest BCUT2D eigenvalue weighted by molar-refractivity contribution is 0.298. The predicted octanol–water partition coefficient (Wildman–Crippen LogP) is 3.16. The number of benzene rings is 1. The fourth-order valence-electron chi connectivity index (χ4n) is 2.91. The topological polar surface area (TPSA) is 58.3 Å². The number of aryl methyl sites for hydroxylation is 1. The van der Waals surface area contributed by atoms with E-state index in [0.29, 0.717) is 28.5 Å². The van der Waals surface area contributed by atoms with Gasteiger partial charge in [0.05, 0.1) is 15.7 Å². The van der Waals surface area contributed by atoms with Crippen molar-refractivity contribution in [1.82, 2.24) is 9.55 Å². The standard InChI is InChI=1S/C15H16Cl2N2O2/c16-11-1-2-12(21)14(15(11)17)9-3-5-19-8-10(4-6-20)18-13(19)7-9/h1-2,8-9,20-21H,3-7H2. The van der Waals surface area contributed by atoms with Crippen molar-refractivity contribution < 1.29 is 10.2 Å². The summed E-state index contributed by atoms with van der Waals surface area (Å²) in [5.74, 6) is 1.25. The Hall–Kier alpha value is -1.23. The van der Waals surface area contributed by atoms with E-state index in [1.54, 1.807) is 12.1 Å². The first kappa shape index (κ1) is 14.7. The number of imidazole rings is 1. The Morgan fingerprint density at radius 3 is 2.90 bits per heavy atom. The maximum Gasteiger partial charge on any atom is 0.120 e. The molecule has 2 aromatic rings. The zero-order valence-electron chi connectivity index (χ0n) is 11.4. The Bertz CT molecular complexity index is 670. The van der Waals surface area contributed by atoms with Crippen molar-refractivity contribution in [3.8, 4) is 5.75 Å². The highest BCUT2D eigenvalue weighted by atomic mass is 35.5. The van der Waals surface area contributed by atoms with Crippen LogP contribution in [-0.4, -0.2) is 26.4 Å². The number of halogens is 2. The summed E-state index contributed by atoms with van der Waals surface area (Å²) in [7, 11) is 0. The van der Waals surface area contributed by atoms with Gasteiger partial charge >= 0.3 is 0 Å². The third-order valence-electron chi connectivity index (χ3n) is 3.94. The number of aromatic nitrogens is 2. The Kier molecular flexibility index (Phi) is 4.11. The molecule has 2 N–H and O–H groups in total. The maximum atomic E-state index is 10.1. The first-order valence-corrected chi connectivity index (χ1v) is 7.68. The van der Waals surface area contributed by atoms with Gasteiger partial charge < -0.3 is 14.8 Å². The number of aliphatic hydroxyl groups is 1. The molecule has 1 unspecified atom stereocenters. The van der Waals surface area contributed by atoms with Gasteiger partial charge in [0.1, 0.15) is 11.6 Å². The molecule has 3 rings (SSSR count). The van der Waals surface area contributed by atoms with Crippen molar-refractivity contribution in [2.45, 2.75) is 31.7 Å². The van der Waals surface area contributed by atoms with Gasteiger partial charge in [-0.3, -0.25) is 0 Å². The monoisotopic (exact) mass is 326 g/mol. The van der Waals surface area contributed by atoms with Crippen LogP contribution in [0.2, 0.25) is 10.0 Å². The summed E-state index contributed by atoms with van der Waals surface area (Å²) in [6.45, 7) is 0.918. The highest BCUT2D eigenvalue weighted by molar-refractivity contribution is 6.42. The van der Waals surface area contributed by atoms with Crippen molar-refractivity contribution in [3.05, 3.63) is 45.5 Å². The fraction of sp³-hybridized carbons (Fsp3) is 0.400. The Morgan fingerprint density at radius 2 is 2.14 bits per heavy atom. The number of aromatic hydroxyl groups is 1. The summed E-state index contributed by atoms with van der Waals surface area (Å²) in [6.07, 6.45) is 4.13. The maximum absolute atomic E-state index is 10.1. The predicted molar refractivity (Wildman–Crippen MR) is 82.2 cm³/mol. The molecule has 0 bridgehead atoms. The first-order valence-electron chi connectivity index (χ1n) is 6.92. The van der Waals surface area contributed by atoms with Crippen LogP contribution in [-0.2, 0) is 19.4 Å². The van der Waals surface area contributed by atoms with E-state index in [9.17, 15) is 5.11 Å². The molecule has 4 nitrogen and oxygen atoms in total. The highest BCUT2D eigenvalue weighted by Crippen LogP contribution is 2.41. The molecule has 1 aliphatic rings.